The highest BCUT2D eigenvalue weighted by molar-refractivity contribution is 8.18. The molecule has 3 aromatic carbocycles. The van der Waals surface area contributed by atoms with Crippen LogP contribution in [0, 0.1) is 0 Å². The second-order valence-corrected chi connectivity index (χ2v) is 9.23. The molecule has 0 radical (unpaired) electrons. The zero-order chi connectivity index (χ0) is 23.7. The van der Waals surface area contributed by atoms with Crippen LogP contribution in [0.1, 0.15) is 23.6 Å². The second-order valence-electron chi connectivity index (χ2n) is 8.23. The Morgan fingerprint density at radius 2 is 1.74 bits per heavy atom. The maximum Gasteiger partial charge on any atom is 0.294 e. The fourth-order valence-corrected chi connectivity index (χ4v) is 5.25. The van der Waals surface area contributed by atoms with Gasteiger partial charge in [0.1, 0.15) is 12.3 Å². The van der Waals surface area contributed by atoms with Gasteiger partial charge < -0.3 is 9.64 Å². The smallest absolute Gasteiger partial charge is 0.294 e. The Morgan fingerprint density at radius 1 is 1.00 bits per heavy atom. The van der Waals surface area contributed by atoms with Crippen molar-refractivity contribution in [1.29, 1.82) is 0 Å². The van der Waals surface area contributed by atoms with Crippen molar-refractivity contribution in [2.24, 2.45) is 0 Å². The molecular weight excluding hydrogens is 448 g/mol. The number of thioether (sulfide) groups is 1. The van der Waals surface area contributed by atoms with Gasteiger partial charge in [0.25, 0.3) is 11.1 Å². The molecule has 172 valence electrons. The first-order chi connectivity index (χ1) is 16.5. The molecule has 1 saturated heterocycles. The number of benzene rings is 3. The lowest BCUT2D eigenvalue weighted by molar-refractivity contribution is -0.136. The van der Waals surface area contributed by atoms with Gasteiger partial charge >= 0.3 is 0 Å². The average molecular weight is 473 g/mol. The van der Waals surface area contributed by atoms with Crippen molar-refractivity contribution < 1.29 is 19.1 Å². The summed E-state index contributed by atoms with van der Waals surface area (Å²) < 4.78 is 5.73. The van der Waals surface area contributed by atoms with Gasteiger partial charge in [-0.15, -0.1) is 0 Å². The van der Waals surface area contributed by atoms with Crippen LogP contribution in [-0.2, 0) is 22.6 Å². The number of carbonyl (C=O) groups is 3. The Labute approximate surface area is 202 Å². The summed E-state index contributed by atoms with van der Waals surface area (Å²) in [6.45, 7) is 3.33. The first-order valence-corrected chi connectivity index (χ1v) is 12.1. The summed E-state index contributed by atoms with van der Waals surface area (Å²) in [5.74, 6) is 0.125. The Balaban J connectivity index is 1.35. The van der Waals surface area contributed by atoms with Gasteiger partial charge in [-0.05, 0) is 59.3 Å². The number of nitrogens with zero attached hydrogens (tertiary/aromatic N) is 2. The fourth-order valence-electron chi connectivity index (χ4n) is 4.42. The predicted octanol–water partition coefficient (Wildman–Crippen LogP) is 4.86. The van der Waals surface area contributed by atoms with Crippen LogP contribution < -0.4 is 4.74 Å². The van der Waals surface area contributed by atoms with Crippen molar-refractivity contribution in [2.45, 2.75) is 19.9 Å². The topological polar surface area (TPSA) is 66.9 Å². The molecule has 5 rings (SSSR count). The van der Waals surface area contributed by atoms with Gasteiger partial charge in [-0.25, -0.2) is 0 Å². The van der Waals surface area contributed by atoms with Crippen molar-refractivity contribution in [1.82, 2.24) is 9.80 Å². The number of rotatable bonds is 5. The molecule has 0 unspecified atom stereocenters. The molecule has 2 aliphatic heterocycles. The summed E-state index contributed by atoms with van der Waals surface area (Å²) in [5, 5.41) is 1.46. The molecule has 0 bridgehead atoms. The number of hydrogen-bond donors (Lipinski definition) is 0. The molecule has 2 aliphatic rings. The minimum atomic E-state index is -0.432. The van der Waals surface area contributed by atoms with Gasteiger partial charge in [0.2, 0.25) is 5.91 Å². The van der Waals surface area contributed by atoms with Crippen LogP contribution in [0.15, 0.2) is 65.6 Å². The molecule has 0 aromatic heterocycles. The quantitative estimate of drug-likeness (QED) is 0.496. The van der Waals surface area contributed by atoms with Gasteiger partial charge in [0.15, 0.2) is 0 Å². The van der Waals surface area contributed by atoms with Crippen LogP contribution in [0.4, 0.5) is 4.79 Å². The lowest BCUT2D eigenvalue weighted by Crippen LogP contribution is -2.44. The molecule has 6 nitrogen and oxygen atoms in total. The molecule has 2 heterocycles. The van der Waals surface area contributed by atoms with E-state index in [1.807, 2.05) is 61.5 Å². The molecule has 0 aliphatic carbocycles. The summed E-state index contributed by atoms with van der Waals surface area (Å²) >= 11 is 0.873. The van der Waals surface area contributed by atoms with E-state index in [2.05, 4.69) is 6.07 Å². The zero-order valence-corrected chi connectivity index (χ0v) is 19.6. The van der Waals surface area contributed by atoms with E-state index in [0.29, 0.717) is 24.6 Å². The maximum atomic E-state index is 13.1. The number of hydrogen-bond acceptors (Lipinski definition) is 5. The lowest BCUT2D eigenvalue weighted by Gasteiger charge is -2.29. The maximum absolute atomic E-state index is 13.1. The second kappa shape index (κ2) is 9.35. The summed E-state index contributed by atoms with van der Waals surface area (Å²) in [6.07, 6.45) is 2.50. The average Bonchev–Trinajstić information content (AvgIpc) is 3.12. The van der Waals surface area contributed by atoms with Crippen molar-refractivity contribution in [3.63, 3.8) is 0 Å². The van der Waals surface area contributed by atoms with Gasteiger partial charge in [-0.1, -0.05) is 54.6 Å². The Morgan fingerprint density at radius 3 is 2.53 bits per heavy atom. The van der Waals surface area contributed by atoms with E-state index < -0.39 is 11.1 Å². The third-order valence-corrected chi connectivity index (χ3v) is 7.06. The van der Waals surface area contributed by atoms with Crippen molar-refractivity contribution >= 4 is 45.7 Å². The number of fused-ring (bicyclic) bond motifs is 2. The van der Waals surface area contributed by atoms with Crippen molar-refractivity contribution in [3.05, 3.63) is 82.3 Å². The van der Waals surface area contributed by atoms with Crippen molar-refractivity contribution in [3.8, 4) is 5.75 Å². The van der Waals surface area contributed by atoms with E-state index in [0.717, 1.165) is 50.7 Å². The minimum absolute atomic E-state index is 0.218. The van der Waals surface area contributed by atoms with E-state index in [1.54, 1.807) is 11.0 Å². The van der Waals surface area contributed by atoms with E-state index in [-0.39, 0.29) is 12.5 Å². The Hall–Kier alpha value is -3.58. The number of amides is 3. The molecule has 0 N–H and O–H groups in total. The molecule has 7 heteroatoms. The molecular formula is C27H24N2O4S. The van der Waals surface area contributed by atoms with E-state index in [1.165, 1.54) is 5.56 Å². The third-order valence-electron chi connectivity index (χ3n) is 6.15. The van der Waals surface area contributed by atoms with Crippen LogP contribution >= 0.6 is 11.8 Å². The third kappa shape index (κ3) is 4.19. The van der Waals surface area contributed by atoms with Crippen LogP contribution in [-0.4, -0.2) is 46.5 Å². The fraction of sp³-hybridized carbons (Fsp3) is 0.222. The van der Waals surface area contributed by atoms with E-state index >= 15 is 0 Å². The molecule has 0 atom stereocenters. The first kappa shape index (κ1) is 22.2. The van der Waals surface area contributed by atoms with Crippen LogP contribution in [0.5, 0.6) is 5.75 Å². The summed E-state index contributed by atoms with van der Waals surface area (Å²) in [4.78, 5) is 41.7. The summed E-state index contributed by atoms with van der Waals surface area (Å²) in [5.41, 5.74) is 3.17. The molecule has 0 spiro atoms. The molecule has 3 amide bonds. The van der Waals surface area contributed by atoms with Crippen LogP contribution in [0.2, 0.25) is 0 Å². The van der Waals surface area contributed by atoms with Gasteiger partial charge in [0, 0.05) is 18.5 Å². The normalized spacial score (nSPS) is 16.9. The van der Waals surface area contributed by atoms with Crippen LogP contribution in [0.3, 0.4) is 0 Å². The summed E-state index contributed by atoms with van der Waals surface area (Å²) in [7, 11) is 0. The van der Waals surface area contributed by atoms with Crippen molar-refractivity contribution in [2.75, 3.05) is 19.7 Å². The molecule has 3 aromatic rings. The number of imide groups is 1. The SMILES string of the molecule is CCOc1ccc(/C=C2\SC(=O)N(CC(=O)N3CCc4ccccc4C3)C2=O)c2ccccc12. The Bertz CT molecular complexity index is 1330. The van der Waals surface area contributed by atoms with Gasteiger partial charge in [-0.2, -0.15) is 0 Å². The van der Waals surface area contributed by atoms with Gasteiger partial charge in [-0.3, -0.25) is 19.3 Å². The molecule has 1 fully saturated rings. The highest BCUT2D eigenvalue weighted by Crippen LogP contribution is 2.35. The highest BCUT2D eigenvalue weighted by Gasteiger charge is 2.37. The predicted molar refractivity (Wildman–Crippen MR) is 133 cm³/mol. The minimum Gasteiger partial charge on any atom is -0.493 e. The van der Waals surface area contributed by atoms with E-state index in [4.69, 9.17) is 4.74 Å². The van der Waals surface area contributed by atoms with Gasteiger partial charge in [0.05, 0.1) is 11.5 Å². The Kier molecular flexibility index (Phi) is 6.11. The highest BCUT2D eigenvalue weighted by atomic mass is 32.2. The number of carbonyl (C=O) groups excluding carboxylic acids is 3. The largest absolute Gasteiger partial charge is 0.493 e. The standard InChI is InChI=1S/C27H24N2O4S/c1-2-33-23-12-11-19(21-9-5-6-10-22(21)23)15-24-26(31)29(27(32)34-24)17-25(30)28-14-13-18-7-3-4-8-20(18)16-28/h3-12,15H,2,13-14,16-17H2,1H3/b24-15-. The number of ether oxygens (including phenoxy) is 1. The summed E-state index contributed by atoms with van der Waals surface area (Å²) in [6, 6.07) is 19.6. The van der Waals surface area contributed by atoms with E-state index in [9.17, 15) is 14.4 Å². The molecule has 34 heavy (non-hydrogen) atoms. The monoisotopic (exact) mass is 472 g/mol. The zero-order valence-electron chi connectivity index (χ0n) is 18.8. The first-order valence-electron chi connectivity index (χ1n) is 11.3. The molecule has 0 saturated carbocycles. The lowest BCUT2D eigenvalue weighted by atomic mass is 10.00. The van der Waals surface area contributed by atoms with Crippen LogP contribution in [0.25, 0.3) is 16.8 Å².